The van der Waals surface area contributed by atoms with Crippen molar-refractivity contribution in [2.45, 2.75) is 12.8 Å². The third-order valence-corrected chi connectivity index (χ3v) is 4.07. The SMILES string of the molecule is O=C(NCC1(CCl)CC1)c1ccc(Cl)cc1[N+](=O)[O-]. The molecular formula is C12H12Cl2N2O3. The van der Waals surface area contributed by atoms with Crippen LogP contribution >= 0.6 is 23.2 Å². The Morgan fingerprint density at radius 1 is 1.47 bits per heavy atom. The molecule has 0 bridgehead atoms. The molecule has 1 saturated carbocycles. The maximum absolute atomic E-state index is 12.0. The summed E-state index contributed by atoms with van der Waals surface area (Å²) in [6.07, 6.45) is 1.94. The number of carbonyl (C=O) groups excluding carboxylic acids is 1. The molecule has 0 aromatic heterocycles. The Morgan fingerprint density at radius 2 is 2.16 bits per heavy atom. The van der Waals surface area contributed by atoms with Crippen molar-refractivity contribution < 1.29 is 9.72 Å². The second-order valence-corrected chi connectivity index (χ2v) is 5.44. The zero-order valence-corrected chi connectivity index (χ0v) is 11.5. The van der Waals surface area contributed by atoms with Crippen molar-refractivity contribution in [2.24, 2.45) is 5.41 Å². The molecule has 102 valence electrons. The van der Waals surface area contributed by atoms with Crippen molar-refractivity contribution in [3.8, 4) is 0 Å². The van der Waals surface area contributed by atoms with Gasteiger partial charge in [-0.3, -0.25) is 14.9 Å². The minimum atomic E-state index is -0.616. The molecule has 0 unspecified atom stereocenters. The summed E-state index contributed by atoms with van der Waals surface area (Å²) in [7, 11) is 0. The van der Waals surface area contributed by atoms with Gasteiger partial charge >= 0.3 is 0 Å². The highest BCUT2D eigenvalue weighted by Gasteiger charge is 2.42. The highest BCUT2D eigenvalue weighted by Crippen LogP contribution is 2.45. The largest absolute Gasteiger partial charge is 0.351 e. The first-order valence-electron chi connectivity index (χ1n) is 5.75. The number of hydrogen-bond acceptors (Lipinski definition) is 3. The van der Waals surface area contributed by atoms with Crippen molar-refractivity contribution in [3.63, 3.8) is 0 Å². The number of hydrogen-bond donors (Lipinski definition) is 1. The van der Waals surface area contributed by atoms with Gasteiger partial charge in [0.1, 0.15) is 5.56 Å². The van der Waals surface area contributed by atoms with Gasteiger partial charge in [0.15, 0.2) is 0 Å². The molecule has 0 saturated heterocycles. The fourth-order valence-electron chi connectivity index (χ4n) is 1.75. The quantitative estimate of drug-likeness (QED) is 0.516. The molecule has 0 radical (unpaired) electrons. The van der Waals surface area contributed by atoms with Crippen molar-refractivity contribution in [2.75, 3.05) is 12.4 Å². The van der Waals surface area contributed by atoms with E-state index in [4.69, 9.17) is 23.2 Å². The number of amides is 1. The molecule has 7 heteroatoms. The van der Waals surface area contributed by atoms with E-state index in [-0.39, 0.29) is 21.7 Å². The maximum Gasteiger partial charge on any atom is 0.283 e. The number of alkyl halides is 1. The summed E-state index contributed by atoms with van der Waals surface area (Å²) >= 11 is 11.5. The van der Waals surface area contributed by atoms with Crippen LogP contribution in [0.4, 0.5) is 5.69 Å². The minimum Gasteiger partial charge on any atom is -0.351 e. The van der Waals surface area contributed by atoms with Gasteiger partial charge in [-0.2, -0.15) is 0 Å². The van der Waals surface area contributed by atoms with Gasteiger partial charge in [0, 0.05) is 28.9 Å². The number of nitro groups is 1. The van der Waals surface area contributed by atoms with Crippen molar-refractivity contribution in [1.82, 2.24) is 5.32 Å². The van der Waals surface area contributed by atoms with Gasteiger partial charge in [0.2, 0.25) is 0 Å². The predicted molar refractivity (Wildman–Crippen MR) is 72.8 cm³/mol. The minimum absolute atomic E-state index is 0.0137. The molecule has 1 aromatic rings. The number of halogens is 2. The lowest BCUT2D eigenvalue weighted by Crippen LogP contribution is -2.31. The van der Waals surface area contributed by atoms with Crippen molar-refractivity contribution in [3.05, 3.63) is 38.9 Å². The molecule has 1 aliphatic rings. The summed E-state index contributed by atoms with van der Waals surface area (Å²) in [4.78, 5) is 22.2. The molecule has 0 atom stereocenters. The van der Waals surface area contributed by atoms with Gasteiger partial charge in [0.05, 0.1) is 4.92 Å². The highest BCUT2D eigenvalue weighted by molar-refractivity contribution is 6.31. The number of nitro benzene ring substituents is 1. The Labute approximate surface area is 120 Å². The normalized spacial score (nSPS) is 15.9. The van der Waals surface area contributed by atoms with Crippen LogP contribution in [0.1, 0.15) is 23.2 Å². The van der Waals surface area contributed by atoms with Crippen molar-refractivity contribution in [1.29, 1.82) is 0 Å². The summed E-state index contributed by atoms with van der Waals surface area (Å²) < 4.78 is 0. The van der Waals surface area contributed by atoms with Crippen LogP contribution in [0.3, 0.4) is 0 Å². The summed E-state index contributed by atoms with van der Waals surface area (Å²) in [5.74, 6) is 0.00969. The molecule has 0 aliphatic heterocycles. The number of benzene rings is 1. The Balaban J connectivity index is 2.12. The molecule has 1 amide bonds. The molecule has 5 nitrogen and oxygen atoms in total. The fraction of sp³-hybridized carbons (Fsp3) is 0.417. The monoisotopic (exact) mass is 302 g/mol. The van der Waals surface area contributed by atoms with Gasteiger partial charge in [-0.15, -0.1) is 11.6 Å². The highest BCUT2D eigenvalue weighted by atomic mass is 35.5. The first-order valence-corrected chi connectivity index (χ1v) is 6.67. The smallest absolute Gasteiger partial charge is 0.283 e. The standard InChI is InChI=1S/C12H12Cl2N2O3/c13-6-12(3-4-12)7-15-11(17)9-2-1-8(14)5-10(9)16(18)19/h1-2,5H,3-4,6-7H2,(H,15,17). The summed E-state index contributed by atoms with van der Waals surface area (Å²) in [6, 6.07) is 3.99. The van der Waals surface area contributed by atoms with Crippen LogP contribution < -0.4 is 5.32 Å². The van der Waals surface area contributed by atoms with Crippen LogP contribution in [0, 0.1) is 15.5 Å². The molecular weight excluding hydrogens is 291 g/mol. The first kappa shape index (κ1) is 14.1. The molecule has 1 N–H and O–H groups in total. The Kier molecular flexibility index (Phi) is 3.96. The van der Waals surface area contributed by atoms with E-state index in [9.17, 15) is 14.9 Å². The van der Waals surface area contributed by atoms with Crippen molar-refractivity contribution >= 4 is 34.8 Å². The van der Waals surface area contributed by atoms with Crippen LogP contribution in [0.5, 0.6) is 0 Å². The van der Waals surface area contributed by atoms with Crippen LogP contribution in [-0.2, 0) is 0 Å². The van der Waals surface area contributed by atoms with Gasteiger partial charge < -0.3 is 5.32 Å². The van der Waals surface area contributed by atoms with E-state index in [0.717, 1.165) is 12.8 Å². The Morgan fingerprint density at radius 3 is 2.68 bits per heavy atom. The molecule has 2 rings (SSSR count). The van der Waals surface area contributed by atoms with E-state index in [1.807, 2.05) is 0 Å². The van der Waals surface area contributed by atoms with Gasteiger partial charge in [-0.05, 0) is 25.0 Å². The predicted octanol–water partition coefficient (Wildman–Crippen LogP) is 3.00. The average Bonchev–Trinajstić information content (AvgIpc) is 3.16. The second-order valence-electron chi connectivity index (χ2n) is 4.73. The van der Waals surface area contributed by atoms with Crippen LogP contribution in [0.2, 0.25) is 5.02 Å². The number of rotatable bonds is 5. The number of carbonyl (C=O) groups is 1. The zero-order valence-electron chi connectivity index (χ0n) is 9.99. The Bertz CT molecular complexity index is 530. The lowest BCUT2D eigenvalue weighted by atomic mass is 10.1. The van der Waals surface area contributed by atoms with E-state index in [2.05, 4.69) is 5.32 Å². The number of nitrogens with one attached hydrogen (secondary N) is 1. The second kappa shape index (κ2) is 5.35. The zero-order chi connectivity index (χ0) is 14.0. The summed E-state index contributed by atoms with van der Waals surface area (Å²) in [5.41, 5.74) is -0.307. The molecule has 0 spiro atoms. The first-order chi connectivity index (χ1) is 8.97. The summed E-state index contributed by atoms with van der Waals surface area (Å²) in [5, 5.41) is 13.8. The summed E-state index contributed by atoms with van der Waals surface area (Å²) in [6.45, 7) is 0.440. The van der Waals surface area contributed by atoms with Crippen LogP contribution in [-0.4, -0.2) is 23.3 Å². The van der Waals surface area contributed by atoms with E-state index in [0.29, 0.717) is 12.4 Å². The van der Waals surface area contributed by atoms with E-state index in [1.54, 1.807) is 0 Å². The van der Waals surface area contributed by atoms with Gasteiger partial charge in [-0.1, -0.05) is 11.6 Å². The molecule has 1 fully saturated rings. The Hall–Kier alpha value is -1.33. The molecule has 19 heavy (non-hydrogen) atoms. The van der Waals surface area contributed by atoms with E-state index >= 15 is 0 Å². The molecule has 1 aliphatic carbocycles. The van der Waals surface area contributed by atoms with Crippen LogP contribution in [0.15, 0.2) is 18.2 Å². The molecule has 0 heterocycles. The number of nitrogens with zero attached hydrogens (tertiary/aromatic N) is 1. The lowest BCUT2D eigenvalue weighted by Gasteiger charge is -2.12. The topological polar surface area (TPSA) is 72.2 Å². The average molecular weight is 303 g/mol. The van der Waals surface area contributed by atoms with E-state index < -0.39 is 10.8 Å². The third kappa shape index (κ3) is 3.16. The maximum atomic E-state index is 12.0. The fourth-order valence-corrected chi connectivity index (χ4v) is 2.27. The van der Waals surface area contributed by atoms with Gasteiger partial charge in [-0.25, -0.2) is 0 Å². The van der Waals surface area contributed by atoms with Gasteiger partial charge in [0.25, 0.3) is 11.6 Å². The third-order valence-electron chi connectivity index (χ3n) is 3.27. The lowest BCUT2D eigenvalue weighted by molar-refractivity contribution is -0.385. The van der Waals surface area contributed by atoms with E-state index in [1.165, 1.54) is 18.2 Å². The molecule has 1 aromatic carbocycles. The van der Waals surface area contributed by atoms with Crippen LogP contribution in [0.25, 0.3) is 0 Å².